The number of hydrogen-bond donors (Lipinski definition) is 2. The lowest BCUT2D eigenvalue weighted by molar-refractivity contribution is 0.0681. The summed E-state index contributed by atoms with van der Waals surface area (Å²) in [6, 6.07) is 4.37. The van der Waals surface area contributed by atoms with Gasteiger partial charge in [0.05, 0.1) is 22.2 Å². The van der Waals surface area contributed by atoms with E-state index in [9.17, 15) is 14.7 Å². The third-order valence-corrected chi connectivity index (χ3v) is 5.69. The fraction of sp³-hybridized carbons (Fsp3) is 0.429. The van der Waals surface area contributed by atoms with Crippen LogP contribution in [0.2, 0.25) is 0 Å². The summed E-state index contributed by atoms with van der Waals surface area (Å²) in [6.07, 6.45) is 2.01. The Kier molecular flexibility index (Phi) is 5.05. The van der Waals surface area contributed by atoms with Crippen molar-refractivity contribution in [1.29, 1.82) is 0 Å². The summed E-state index contributed by atoms with van der Waals surface area (Å²) in [7, 11) is 0. The molecule has 0 aliphatic carbocycles. The van der Waals surface area contributed by atoms with Crippen LogP contribution < -0.4 is 4.90 Å². The number of carboxylic acid groups (broad SMARTS) is 2. The Labute approximate surface area is 131 Å². The van der Waals surface area contributed by atoms with Crippen LogP contribution >= 0.6 is 23.5 Å². The molecule has 1 aliphatic rings. The van der Waals surface area contributed by atoms with E-state index in [0.29, 0.717) is 5.69 Å². The molecule has 0 aromatic heterocycles. The quantitative estimate of drug-likeness (QED) is 0.861. The predicted octanol–water partition coefficient (Wildman–Crippen LogP) is 2.71. The van der Waals surface area contributed by atoms with Crippen LogP contribution in [0.3, 0.4) is 0 Å². The van der Waals surface area contributed by atoms with E-state index in [1.54, 1.807) is 23.5 Å². The van der Waals surface area contributed by atoms with Gasteiger partial charge in [0.2, 0.25) is 0 Å². The zero-order valence-corrected chi connectivity index (χ0v) is 13.4. The number of aromatic carboxylic acids is 2. The van der Waals surface area contributed by atoms with Gasteiger partial charge in [0.1, 0.15) is 0 Å². The Morgan fingerprint density at radius 1 is 1.38 bits per heavy atom. The van der Waals surface area contributed by atoms with Gasteiger partial charge < -0.3 is 15.1 Å². The lowest BCUT2D eigenvalue weighted by Crippen LogP contribution is -2.37. The second kappa shape index (κ2) is 6.62. The van der Waals surface area contributed by atoms with Crippen LogP contribution in [0.4, 0.5) is 5.69 Å². The van der Waals surface area contributed by atoms with E-state index in [0.717, 1.165) is 11.5 Å². The highest BCUT2D eigenvalue weighted by atomic mass is 32.2. The van der Waals surface area contributed by atoms with Gasteiger partial charge in [-0.25, -0.2) is 9.59 Å². The first-order valence-corrected chi connectivity index (χ1v) is 8.89. The van der Waals surface area contributed by atoms with E-state index in [2.05, 4.69) is 0 Å². The minimum Gasteiger partial charge on any atom is -0.478 e. The largest absolute Gasteiger partial charge is 0.478 e. The number of benzene rings is 1. The SMILES string of the molecule is CSCC1SCC(C)N1c1cc(C(=O)O)ccc1C(=O)O. The predicted molar refractivity (Wildman–Crippen MR) is 86.9 cm³/mol. The molecule has 2 unspecified atom stereocenters. The van der Waals surface area contributed by atoms with E-state index < -0.39 is 11.9 Å². The first kappa shape index (κ1) is 16.0. The van der Waals surface area contributed by atoms with Crippen LogP contribution in [0.15, 0.2) is 18.2 Å². The van der Waals surface area contributed by atoms with Gasteiger partial charge in [-0.05, 0) is 31.4 Å². The lowest BCUT2D eigenvalue weighted by atomic mass is 10.1. The number of rotatable bonds is 5. The van der Waals surface area contributed by atoms with Crippen molar-refractivity contribution in [3.63, 3.8) is 0 Å². The molecule has 0 amide bonds. The number of carboxylic acids is 2. The normalized spacial score (nSPS) is 21.5. The summed E-state index contributed by atoms with van der Waals surface area (Å²) in [5.74, 6) is -0.310. The van der Waals surface area contributed by atoms with Crippen LogP contribution in [0.25, 0.3) is 0 Å². The summed E-state index contributed by atoms with van der Waals surface area (Å²) in [6.45, 7) is 2.03. The maximum atomic E-state index is 11.4. The molecule has 1 aromatic rings. The minimum atomic E-state index is -1.05. The molecule has 1 aliphatic heterocycles. The molecule has 7 heteroatoms. The van der Waals surface area contributed by atoms with Crippen molar-refractivity contribution in [2.24, 2.45) is 0 Å². The minimum absolute atomic E-state index is 0.113. The van der Waals surface area contributed by atoms with Crippen molar-refractivity contribution in [2.45, 2.75) is 18.3 Å². The van der Waals surface area contributed by atoms with Crippen molar-refractivity contribution >= 4 is 41.1 Å². The second-order valence-electron chi connectivity index (χ2n) is 4.84. The standard InChI is InChI=1S/C14H17NO4S2/c1-8-6-21-12(7-20-2)15(8)11-5-9(13(16)17)3-4-10(11)14(18)19/h3-5,8,12H,6-7H2,1-2H3,(H,16,17)(H,18,19). The van der Waals surface area contributed by atoms with E-state index in [1.165, 1.54) is 18.2 Å². The van der Waals surface area contributed by atoms with Crippen molar-refractivity contribution in [3.05, 3.63) is 29.3 Å². The van der Waals surface area contributed by atoms with Crippen molar-refractivity contribution in [3.8, 4) is 0 Å². The third-order valence-electron chi connectivity index (χ3n) is 3.38. The van der Waals surface area contributed by atoms with Crippen LogP contribution in [0.5, 0.6) is 0 Å². The fourth-order valence-corrected chi connectivity index (χ4v) is 4.80. The molecule has 1 heterocycles. The number of nitrogens with zero attached hydrogens (tertiary/aromatic N) is 1. The summed E-state index contributed by atoms with van der Waals surface area (Å²) in [5, 5.41) is 18.7. The Morgan fingerprint density at radius 2 is 2.10 bits per heavy atom. The molecule has 0 saturated carbocycles. The highest BCUT2D eigenvalue weighted by Crippen LogP contribution is 2.37. The zero-order chi connectivity index (χ0) is 15.6. The van der Waals surface area contributed by atoms with Crippen molar-refractivity contribution < 1.29 is 19.8 Å². The molecular formula is C14H17NO4S2. The van der Waals surface area contributed by atoms with Gasteiger partial charge in [-0.15, -0.1) is 11.8 Å². The molecule has 114 valence electrons. The summed E-state index contributed by atoms with van der Waals surface area (Å²) in [5.41, 5.74) is 0.765. The highest BCUT2D eigenvalue weighted by Gasteiger charge is 2.33. The first-order valence-electron chi connectivity index (χ1n) is 6.45. The van der Waals surface area contributed by atoms with E-state index >= 15 is 0 Å². The third kappa shape index (κ3) is 3.29. The van der Waals surface area contributed by atoms with Gasteiger partial charge in [-0.1, -0.05) is 0 Å². The Balaban J connectivity index is 2.50. The number of hydrogen-bond acceptors (Lipinski definition) is 5. The monoisotopic (exact) mass is 327 g/mol. The van der Waals surface area contributed by atoms with Crippen molar-refractivity contribution in [2.75, 3.05) is 22.7 Å². The molecule has 5 nitrogen and oxygen atoms in total. The molecule has 2 rings (SSSR count). The van der Waals surface area contributed by atoms with Crippen LogP contribution in [0.1, 0.15) is 27.6 Å². The molecule has 1 saturated heterocycles. The van der Waals surface area contributed by atoms with E-state index in [4.69, 9.17) is 5.11 Å². The second-order valence-corrected chi connectivity index (χ2v) is 6.96. The van der Waals surface area contributed by atoms with Gasteiger partial charge in [0, 0.05) is 17.5 Å². The van der Waals surface area contributed by atoms with Crippen LogP contribution in [0, 0.1) is 0 Å². The lowest BCUT2D eigenvalue weighted by Gasteiger charge is -2.30. The van der Waals surface area contributed by atoms with Gasteiger partial charge in [-0.3, -0.25) is 0 Å². The summed E-state index contributed by atoms with van der Waals surface area (Å²) >= 11 is 3.48. The van der Waals surface area contributed by atoms with Crippen LogP contribution in [-0.2, 0) is 0 Å². The average molecular weight is 327 g/mol. The Bertz CT molecular complexity index is 562. The smallest absolute Gasteiger partial charge is 0.337 e. The van der Waals surface area contributed by atoms with Gasteiger partial charge in [0.15, 0.2) is 0 Å². The van der Waals surface area contributed by atoms with Crippen molar-refractivity contribution in [1.82, 2.24) is 0 Å². The molecule has 0 spiro atoms. The fourth-order valence-electron chi connectivity index (χ4n) is 2.42. The van der Waals surface area contributed by atoms with Gasteiger partial charge in [-0.2, -0.15) is 11.8 Å². The number of carbonyl (C=O) groups is 2. The molecule has 1 aromatic carbocycles. The van der Waals surface area contributed by atoms with E-state index in [1.807, 2.05) is 18.1 Å². The molecule has 2 N–H and O–H groups in total. The molecule has 1 fully saturated rings. The average Bonchev–Trinajstić information content (AvgIpc) is 2.79. The van der Waals surface area contributed by atoms with Gasteiger partial charge >= 0.3 is 11.9 Å². The molecule has 0 radical (unpaired) electrons. The highest BCUT2D eigenvalue weighted by molar-refractivity contribution is 8.03. The molecule has 2 atom stereocenters. The van der Waals surface area contributed by atoms with Gasteiger partial charge in [0.25, 0.3) is 0 Å². The summed E-state index contributed by atoms with van der Waals surface area (Å²) < 4.78 is 0. The molecule has 0 bridgehead atoms. The zero-order valence-electron chi connectivity index (χ0n) is 11.8. The Hall–Kier alpha value is -1.34. The number of anilines is 1. The molecular weight excluding hydrogens is 310 g/mol. The van der Waals surface area contributed by atoms with E-state index in [-0.39, 0.29) is 22.5 Å². The van der Waals surface area contributed by atoms with Crippen LogP contribution in [-0.4, -0.2) is 51.3 Å². The topological polar surface area (TPSA) is 77.8 Å². The summed E-state index contributed by atoms with van der Waals surface area (Å²) in [4.78, 5) is 24.6. The number of thioether (sulfide) groups is 2. The molecule has 21 heavy (non-hydrogen) atoms. The first-order chi connectivity index (χ1) is 9.95. The maximum absolute atomic E-state index is 11.4. The maximum Gasteiger partial charge on any atom is 0.337 e. The Morgan fingerprint density at radius 3 is 2.67 bits per heavy atom.